The molecule has 0 unspecified atom stereocenters. The fraction of sp³-hybridized carbons (Fsp3) is 0.182. The van der Waals surface area contributed by atoms with E-state index in [9.17, 15) is 12.8 Å². The molecule has 0 radical (unpaired) electrons. The van der Waals surface area contributed by atoms with Crippen LogP contribution >= 0.6 is 0 Å². The number of methoxy groups -OCH3 is 2. The van der Waals surface area contributed by atoms with E-state index in [1.54, 1.807) is 42.5 Å². The molecule has 3 aromatic rings. The van der Waals surface area contributed by atoms with Crippen molar-refractivity contribution < 1.29 is 27.0 Å². The van der Waals surface area contributed by atoms with Gasteiger partial charge in [-0.2, -0.15) is 0 Å². The molecule has 0 amide bonds. The average molecular weight is 431 g/mol. The highest BCUT2D eigenvalue weighted by atomic mass is 32.2. The van der Waals surface area contributed by atoms with Crippen LogP contribution in [0.3, 0.4) is 0 Å². The molecule has 0 fully saturated rings. The lowest BCUT2D eigenvalue weighted by Gasteiger charge is -2.11. The number of benzene rings is 3. The minimum atomic E-state index is -3.72. The quantitative estimate of drug-likeness (QED) is 0.556. The first-order valence-corrected chi connectivity index (χ1v) is 10.6. The standard InChI is InChI=1S/C22H22FNO5S/c1-27-21-12-11-20(13-22(21)28-2)30(25,26)24-14-16-5-9-19(10-6-16)29-15-17-3-7-18(23)8-4-17/h3-13,24H,14-15H2,1-2H3. The summed E-state index contributed by atoms with van der Waals surface area (Å²) in [7, 11) is -0.794. The zero-order valence-corrected chi connectivity index (χ0v) is 17.4. The third-order valence-electron chi connectivity index (χ3n) is 4.37. The lowest BCUT2D eigenvalue weighted by molar-refractivity contribution is 0.306. The van der Waals surface area contributed by atoms with Gasteiger partial charge in [-0.25, -0.2) is 17.5 Å². The summed E-state index contributed by atoms with van der Waals surface area (Å²) in [5, 5.41) is 0. The Bertz CT molecular complexity index is 1080. The Hall–Kier alpha value is -3.10. The number of nitrogens with one attached hydrogen (secondary N) is 1. The Kier molecular flexibility index (Phi) is 6.91. The number of hydrogen-bond donors (Lipinski definition) is 1. The highest BCUT2D eigenvalue weighted by Gasteiger charge is 2.16. The summed E-state index contributed by atoms with van der Waals surface area (Å²) in [6.07, 6.45) is 0. The van der Waals surface area contributed by atoms with Crippen LogP contribution in [0.25, 0.3) is 0 Å². The van der Waals surface area contributed by atoms with Crippen LogP contribution in [0.1, 0.15) is 11.1 Å². The summed E-state index contributed by atoms with van der Waals surface area (Å²) in [6, 6.07) is 17.5. The van der Waals surface area contributed by atoms with Gasteiger partial charge in [-0.15, -0.1) is 0 Å². The molecule has 0 spiro atoms. The van der Waals surface area contributed by atoms with Crippen LogP contribution in [-0.2, 0) is 23.2 Å². The van der Waals surface area contributed by atoms with Gasteiger partial charge in [0.1, 0.15) is 18.2 Å². The minimum absolute atomic E-state index is 0.0828. The number of hydrogen-bond acceptors (Lipinski definition) is 5. The predicted octanol–water partition coefficient (Wildman–Crippen LogP) is 3.90. The summed E-state index contributed by atoms with van der Waals surface area (Å²) >= 11 is 0. The van der Waals surface area contributed by atoms with E-state index >= 15 is 0 Å². The Morgan fingerprint density at radius 2 is 1.47 bits per heavy atom. The van der Waals surface area contributed by atoms with Crippen molar-refractivity contribution >= 4 is 10.0 Å². The Labute approximate surface area is 175 Å². The second-order valence-electron chi connectivity index (χ2n) is 6.40. The number of halogens is 1. The lowest BCUT2D eigenvalue weighted by atomic mass is 10.2. The summed E-state index contributed by atoms with van der Waals surface area (Å²) in [6.45, 7) is 0.431. The molecule has 0 bridgehead atoms. The zero-order valence-electron chi connectivity index (χ0n) is 16.6. The van der Waals surface area contributed by atoms with Crippen molar-refractivity contribution in [3.8, 4) is 17.2 Å². The van der Waals surface area contributed by atoms with Crippen molar-refractivity contribution in [1.82, 2.24) is 4.72 Å². The number of ether oxygens (including phenoxy) is 3. The highest BCUT2D eigenvalue weighted by Crippen LogP contribution is 2.29. The van der Waals surface area contributed by atoms with Gasteiger partial charge in [0.2, 0.25) is 10.0 Å². The van der Waals surface area contributed by atoms with E-state index in [-0.39, 0.29) is 17.3 Å². The van der Waals surface area contributed by atoms with E-state index in [0.717, 1.165) is 11.1 Å². The molecule has 0 aromatic heterocycles. The van der Waals surface area contributed by atoms with Gasteiger partial charge < -0.3 is 14.2 Å². The lowest BCUT2D eigenvalue weighted by Crippen LogP contribution is -2.23. The summed E-state index contributed by atoms with van der Waals surface area (Å²) in [5.41, 5.74) is 1.62. The molecule has 0 saturated heterocycles. The maximum atomic E-state index is 12.9. The van der Waals surface area contributed by atoms with Gasteiger partial charge in [0, 0.05) is 12.6 Å². The smallest absolute Gasteiger partial charge is 0.241 e. The molecule has 3 rings (SSSR count). The van der Waals surface area contributed by atoms with Gasteiger partial charge in [-0.1, -0.05) is 24.3 Å². The molecule has 0 aliphatic carbocycles. The molecular weight excluding hydrogens is 409 g/mol. The molecule has 1 N–H and O–H groups in total. The van der Waals surface area contributed by atoms with Crippen molar-refractivity contribution in [2.45, 2.75) is 18.0 Å². The normalized spacial score (nSPS) is 11.2. The minimum Gasteiger partial charge on any atom is -0.493 e. The van der Waals surface area contributed by atoms with Crippen LogP contribution in [0.4, 0.5) is 4.39 Å². The van der Waals surface area contributed by atoms with E-state index in [0.29, 0.717) is 23.9 Å². The van der Waals surface area contributed by atoms with Gasteiger partial charge in [0.05, 0.1) is 19.1 Å². The maximum Gasteiger partial charge on any atom is 0.241 e. The van der Waals surface area contributed by atoms with E-state index < -0.39 is 10.0 Å². The molecular formula is C22H22FNO5S. The average Bonchev–Trinajstić information content (AvgIpc) is 2.77. The molecule has 0 saturated carbocycles. The first-order chi connectivity index (χ1) is 14.4. The maximum absolute atomic E-state index is 12.9. The molecule has 0 aliphatic rings. The Morgan fingerprint density at radius 3 is 2.10 bits per heavy atom. The van der Waals surface area contributed by atoms with Gasteiger partial charge >= 0.3 is 0 Å². The van der Waals surface area contributed by atoms with Gasteiger partial charge in [-0.3, -0.25) is 0 Å². The van der Waals surface area contributed by atoms with Crippen molar-refractivity contribution in [1.29, 1.82) is 0 Å². The van der Waals surface area contributed by atoms with E-state index in [1.807, 2.05) is 0 Å². The molecule has 0 aliphatic heterocycles. The van der Waals surface area contributed by atoms with E-state index in [1.165, 1.54) is 38.5 Å². The molecule has 158 valence electrons. The van der Waals surface area contributed by atoms with Crippen LogP contribution in [0.5, 0.6) is 17.2 Å². The Morgan fingerprint density at radius 1 is 0.833 bits per heavy atom. The first kappa shape index (κ1) is 21.6. The largest absolute Gasteiger partial charge is 0.493 e. The summed E-state index contributed by atoms with van der Waals surface area (Å²) < 4.78 is 56.6. The topological polar surface area (TPSA) is 73.9 Å². The molecule has 0 heterocycles. The second kappa shape index (κ2) is 9.60. The van der Waals surface area contributed by atoms with Crippen LogP contribution in [-0.4, -0.2) is 22.6 Å². The van der Waals surface area contributed by atoms with Gasteiger partial charge in [0.15, 0.2) is 11.5 Å². The fourth-order valence-electron chi connectivity index (χ4n) is 2.70. The van der Waals surface area contributed by atoms with Crippen molar-refractivity contribution in [3.63, 3.8) is 0 Å². The van der Waals surface area contributed by atoms with Gasteiger partial charge in [0.25, 0.3) is 0 Å². The third kappa shape index (κ3) is 5.49. The number of rotatable bonds is 9. The van der Waals surface area contributed by atoms with Crippen molar-refractivity contribution in [2.75, 3.05) is 14.2 Å². The summed E-state index contributed by atoms with van der Waals surface area (Å²) in [4.78, 5) is 0.0828. The third-order valence-corrected chi connectivity index (χ3v) is 5.77. The SMILES string of the molecule is COc1ccc(S(=O)(=O)NCc2ccc(OCc3ccc(F)cc3)cc2)cc1OC. The molecule has 30 heavy (non-hydrogen) atoms. The molecule has 8 heteroatoms. The van der Waals surface area contributed by atoms with Gasteiger partial charge in [-0.05, 0) is 47.5 Å². The zero-order chi connectivity index (χ0) is 21.6. The van der Waals surface area contributed by atoms with Crippen LogP contribution in [0.2, 0.25) is 0 Å². The highest BCUT2D eigenvalue weighted by molar-refractivity contribution is 7.89. The van der Waals surface area contributed by atoms with E-state index in [2.05, 4.69) is 4.72 Å². The molecule has 6 nitrogen and oxygen atoms in total. The first-order valence-electron chi connectivity index (χ1n) is 9.09. The predicted molar refractivity (Wildman–Crippen MR) is 111 cm³/mol. The van der Waals surface area contributed by atoms with Crippen LogP contribution < -0.4 is 18.9 Å². The van der Waals surface area contributed by atoms with Crippen LogP contribution in [0, 0.1) is 5.82 Å². The van der Waals surface area contributed by atoms with Crippen LogP contribution in [0.15, 0.2) is 71.6 Å². The van der Waals surface area contributed by atoms with Crippen molar-refractivity contribution in [3.05, 3.63) is 83.7 Å². The Balaban J connectivity index is 1.59. The number of sulfonamides is 1. The molecule has 3 aromatic carbocycles. The second-order valence-corrected chi connectivity index (χ2v) is 8.17. The van der Waals surface area contributed by atoms with Crippen molar-refractivity contribution in [2.24, 2.45) is 0 Å². The molecule has 0 atom stereocenters. The fourth-order valence-corrected chi connectivity index (χ4v) is 3.73. The summed E-state index contributed by atoms with van der Waals surface area (Å²) in [5.74, 6) is 1.13. The van der Waals surface area contributed by atoms with E-state index in [4.69, 9.17) is 14.2 Å². The monoisotopic (exact) mass is 431 g/mol.